The zero-order valence-electron chi connectivity index (χ0n) is 13.2. The first-order valence-corrected chi connectivity index (χ1v) is 22.8. The normalized spacial score (nSPS) is 25.4. The maximum absolute atomic E-state index is 7.48. The number of hydrogen-bond donors (Lipinski definition) is 1. The van der Waals surface area contributed by atoms with E-state index in [1.54, 1.807) is 0 Å². The molecule has 2 rings (SSSR count). The summed E-state index contributed by atoms with van der Waals surface area (Å²) in [5, 5.41) is 5.61. The van der Waals surface area contributed by atoms with Gasteiger partial charge in [0.25, 0.3) is 0 Å². The summed E-state index contributed by atoms with van der Waals surface area (Å²) in [4.78, 5) is 0. The second-order valence-corrected chi connectivity index (χ2v) is 64.3. The van der Waals surface area contributed by atoms with Crippen molar-refractivity contribution in [2.45, 2.75) is 41.0 Å². The molecule has 0 saturated heterocycles. The molecule has 0 aliphatic carbocycles. The zero-order valence-corrected chi connectivity index (χ0v) is 19.1. The maximum atomic E-state index is 7.48. The third-order valence-corrected chi connectivity index (χ3v) is 19.5. The van der Waals surface area contributed by atoms with Gasteiger partial charge >= 0.3 is 131 Å². The number of halogens is 2. The van der Waals surface area contributed by atoms with Crippen molar-refractivity contribution in [2.24, 2.45) is 0 Å². The molecule has 0 saturated carbocycles. The van der Waals surface area contributed by atoms with E-state index >= 15 is 0 Å². The van der Waals surface area contributed by atoms with Crippen molar-refractivity contribution in [2.75, 3.05) is 0 Å². The summed E-state index contributed by atoms with van der Waals surface area (Å²) in [6.45, 7) is 6.43. The van der Waals surface area contributed by atoms with Crippen LogP contribution in [0.1, 0.15) is 30.6 Å². The van der Waals surface area contributed by atoms with Crippen LogP contribution in [0.3, 0.4) is 0 Å². The molecule has 1 N–H and O–H groups in total. The van der Waals surface area contributed by atoms with E-state index in [0.717, 1.165) is 8.11 Å². The molecule has 1 aliphatic rings. The van der Waals surface area contributed by atoms with Crippen LogP contribution in [0, 0.1) is 0 Å². The Kier molecular flexibility index (Phi) is 3.16. The van der Waals surface area contributed by atoms with E-state index in [-0.39, 0.29) is 9.76 Å². The van der Waals surface area contributed by atoms with E-state index in [4.69, 9.17) is 18.6 Å². The Hall–Kier alpha value is 0.861. The van der Waals surface area contributed by atoms with Gasteiger partial charge in [0.05, 0.1) is 0 Å². The van der Waals surface area contributed by atoms with Crippen LogP contribution < -0.4 is 9.10 Å². The zero-order chi connectivity index (χ0) is 15.6. The Morgan fingerprint density at radius 1 is 1.20 bits per heavy atom. The summed E-state index contributed by atoms with van der Waals surface area (Å²) in [6, 6.07) is 8.52. The van der Waals surface area contributed by atoms with Crippen molar-refractivity contribution in [1.82, 2.24) is 3.80 Å². The molecule has 0 amide bonds. The van der Waals surface area contributed by atoms with E-state index in [1.807, 2.05) is 0 Å². The predicted octanol–water partition coefficient (Wildman–Crippen LogP) is 3.86. The molecule has 0 fully saturated rings. The SMILES string of the molecule is CC(C)(C)[NH][Ti]([CH3])([CH3])([SiH3])([Cl])([Cl])[CH]1C=Pc2ccccc21. The Morgan fingerprint density at radius 3 is 2.30 bits per heavy atom. The Morgan fingerprint density at radius 2 is 1.75 bits per heavy atom. The molecule has 1 aliphatic heterocycles. The third kappa shape index (κ3) is 3.43. The number of rotatable bonds is 2. The summed E-state index contributed by atoms with van der Waals surface area (Å²) in [5.41, 5.74) is 1.18. The van der Waals surface area contributed by atoms with E-state index < -0.39 is 10.1 Å². The topological polar surface area (TPSA) is 12.0 Å². The van der Waals surface area contributed by atoms with Gasteiger partial charge in [-0.3, -0.25) is 0 Å². The van der Waals surface area contributed by atoms with Crippen LogP contribution in [0.5, 0.6) is 0 Å². The number of nitrogens with one attached hydrogen (secondary N) is 1. The van der Waals surface area contributed by atoms with E-state index in [1.165, 1.54) is 19.1 Å². The summed E-state index contributed by atoms with van der Waals surface area (Å²) >= 11 is 0. The molecule has 1 nitrogen and oxygen atoms in total. The van der Waals surface area contributed by atoms with Gasteiger partial charge in [0.2, 0.25) is 0 Å². The minimum atomic E-state index is -4.82. The molecule has 1 atom stereocenters. The van der Waals surface area contributed by atoms with Crippen LogP contribution in [-0.4, -0.2) is 19.4 Å². The van der Waals surface area contributed by atoms with Crippen LogP contribution in [0.2, 0.25) is 10.5 Å². The molecular formula is C14H25Cl2NPSiTi. The van der Waals surface area contributed by atoms with Gasteiger partial charge in [-0.25, -0.2) is 0 Å². The molecule has 1 heterocycles. The van der Waals surface area contributed by atoms with Crippen molar-refractivity contribution in [3.8, 4) is 0 Å². The fraction of sp³-hybridized carbons (Fsp3) is 0.500. The first-order chi connectivity index (χ1) is 8.53. The van der Waals surface area contributed by atoms with Gasteiger partial charge in [-0.05, 0) is 0 Å². The first-order valence-electron chi connectivity index (χ1n) is 7.10. The average Bonchev–Trinajstić information content (AvgIpc) is 2.54. The molecule has 1 unspecified atom stereocenters. The molecule has 0 radical (unpaired) electrons. The van der Waals surface area contributed by atoms with Crippen molar-refractivity contribution in [3.63, 3.8) is 0 Å². The van der Waals surface area contributed by atoms with Crippen LogP contribution in [0.25, 0.3) is 0 Å². The van der Waals surface area contributed by atoms with Gasteiger partial charge in [-0.1, -0.05) is 0 Å². The van der Waals surface area contributed by atoms with Gasteiger partial charge in [0.15, 0.2) is 0 Å². The predicted molar refractivity (Wildman–Crippen MR) is 98.1 cm³/mol. The van der Waals surface area contributed by atoms with Gasteiger partial charge in [-0.15, -0.1) is 0 Å². The van der Waals surface area contributed by atoms with Crippen molar-refractivity contribution < 1.29 is 10.1 Å². The monoisotopic (exact) mass is 384 g/mol. The fourth-order valence-corrected chi connectivity index (χ4v) is 27.6. The molecule has 6 heteroatoms. The van der Waals surface area contributed by atoms with E-state index in [2.05, 4.69) is 65.1 Å². The van der Waals surface area contributed by atoms with Gasteiger partial charge in [0, 0.05) is 0 Å². The quantitative estimate of drug-likeness (QED) is 0.602. The van der Waals surface area contributed by atoms with Gasteiger partial charge in [-0.2, -0.15) is 0 Å². The summed E-state index contributed by atoms with van der Waals surface area (Å²) < 4.78 is 3.85. The summed E-state index contributed by atoms with van der Waals surface area (Å²) in [5.74, 6) is 2.30. The van der Waals surface area contributed by atoms with E-state index in [9.17, 15) is 0 Å². The van der Waals surface area contributed by atoms with Gasteiger partial charge in [0.1, 0.15) is 0 Å². The molecule has 0 spiro atoms. The molecule has 20 heavy (non-hydrogen) atoms. The van der Waals surface area contributed by atoms with Crippen LogP contribution >= 0.6 is 26.8 Å². The average molecular weight is 385 g/mol. The Bertz CT molecular complexity index is 621. The Balaban J connectivity index is 2.69. The van der Waals surface area contributed by atoms with Crippen LogP contribution in [0.4, 0.5) is 0 Å². The molecular weight excluding hydrogens is 360 g/mol. The Labute approximate surface area is 130 Å². The minimum absolute atomic E-state index is 0.111. The fourth-order valence-electron chi connectivity index (χ4n) is 3.78. The molecule has 0 aromatic heterocycles. The van der Waals surface area contributed by atoms with Gasteiger partial charge < -0.3 is 0 Å². The summed E-state index contributed by atoms with van der Waals surface area (Å²) in [7, 11) is 12.1. The molecule has 0 bridgehead atoms. The summed E-state index contributed by atoms with van der Waals surface area (Å²) in [6.07, 6.45) is 0. The van der Waals surface area contributed by atoms with E-state index in [0.29, 0.717) is 0 Å². The van der Waals surface area contributed by atoms with Crippen molar-refractivity contribution in [1.29, 1.82) is 0 Å². The molecule has 113 valence electrons. The number of benzene rings is 1. The van der Waals surface area contributed by atoms with Crippen LogP contribution in [0.15, 0.2) is 24.3 Å². The molecule has 1 aromatic carbocycles. The second-order valence-electron chi connectivity index (χ2n) is 9.56. The van der Waals surface area contributed by atoms with Crippen LogP contribution in [-0.2, 0) is 10.1 Å². The molecule has 1 aromatic rings. The van der Waals surface area contributed by atoms with Crippen molar-refractivity contribution in [3.05, 3.63) is 29.8 Å². The number of hydrogen-bond acceptors (Lipinski definition) is 1. The standard InChI is InChI=1S/C8H6P.C4H10N.2CH3.2ClH.H3Si.Ti/c1-2-4-8-7(3-1)5-6-9-8;1-4(2,3)5;;;;;;/h1-6H;5H,1-3H3;2*1H3;2*1H;1H3;/q;-1;;;;;;+3/p-2. The first kappa shape index (κ1) is 17.2. The second kappa shape index (κ2) is 3.67. The third-order valence-electron chi connectivity index (χ3n) is 3.87. The number of fused-ring (bicyclic) bond motifs is 1. The van der Waals surface area contributed by atoms with Crippen molar-refractivity contribution >= 4 is 46.0 Å².